The van der Waals surface area contributed by atoms with Gasteiger partial charge in [0.15, 0.2) is 9.84 Å². The molecule has 1 amide bonds. The molecule has 0 bridgehead atoms. The van der Waals surface area contributed by atoms with Crippen LogP contribution in [0, 0.1) is 11.3 Å². The van der Waals surface area contributed by atoms with Crippen molar-refractivity contribution in [2.75, 3.05) is 11.5 Å². The van der Waals surface area contributed by atoms with Crippen molar-refractivity contribution in [1.82, 2.24) is 4.90 Å². The van der Waals surface area contributed by atoms with Gasteiger partial charge in [0, 0.05) is 22.0 Å². The normalized spacial score (nSPS) is 23.2. The minimum absolute atomic E-state index is 0.0857. The third-order valence-corrected chi connectivity index (χ3v) is 9.17. The zero-order valence-corrected chi connectivity index (χ0v) is 23.9. The second-order valence-corrected chi connectivity index (χ2v) is 13.7. The molecule has 3 rings (SSSR count). The van der Waals surface area contributed by atoms with Crippen LogP contribution < -0.4 is 0 Å². The van der Waals surface area contributed by atoms with Gasteiger partial charge in [-0.15, -0.1) is 0 Å². The van der Waals surface area contributed by atoms with E-state index in [4.69, 9.17) is 23.2 Å². The van der Waals surface area contributed by atoms with Gasteiger partial charge in [-0.1, -0.05) is 68.2 Å². The Morgan fingerprint density at radius 3 is 2.23 bits per heavy atom. The molecule has 1 saturated heterocycles. The van der Waals surface area contributed by atoms with E-state index in [-0.39, 0.29) is 6.42 Å². The lowest BCUT2D eigenvalue weighted by atomic mass is 9.66. The van der Waals surface area contributed by atoms with Crippen LogP contribution in [0.5, 0.6) is 0 Å². The lowest BCUT2D eigenvalue weighted by molar-refractivity contribution is -0.161. The number of hydrogen-bond acceptors (Lipinski definition) is 4. The average Bonchev–Trinajstić information content (AvgIpc) is 2.78. The van der Waals surface area contributed by atoms with Crippen LogP contribution in [0.15, 0.2) is 48.5 Å². The maximum atomic E-state index is 14.2. The van der Waals surface area contributed by atoms with Gasteiger partial charge in [0.2, 0.25) is 5.91 Å². The van der Waals surface area contributed by atoms with Crippen LogP contribution in [0.4, 0.5) is 13.2 Å². The molecule has 0 aliphatic carbocycles. The first-order chi connectivity index (χ1) is 17.9. The van der Waals surface area contributed by atoms with Crippen LogP contribution >= 0.6 is 23.2 Å². The maximum Gasteiger partial charge on any atom is 0.402 e. The highest BCUT2D eigenvalue weighted by Crippen LogP contribution is 2.52. The number of hydrogen-bond donors (Lipinski definition) is 1. The summed E-state index contributed by atoms with van der Waals surface area (Å²) in [4.78, 5) is 27.4. The number of carbonyl (C=O) groups is 2. The number of halogens is 5. The number of sulfone groups is 1. The number of carbonyl (C=O) groups excluding carboxylic acids is 1. The lowest BCUT2D eigenvalue weighted by Crippen LogP contribution is -2.59. The van der Waals surface area contributed by atoms with E-state index >= 15 is 0 Å². The molecule has 214 valence electrons. The molecule has 6 nitrogen and oxygen atoms in total. The fourth-order valence-corrected chi connectivity index (χ4v) is 7.41. The summed E-state index contributed by atoms with van der Waals surface area (Å²) in [6.07, 6.45) is -5.42. The smallest absolute Gasteiger partial charge is 0.402 e. The van der Waals surface area contributed by atoms with Gasteiger partial charge in [0.25, 0.3) is 0 Å². The highest BCUT2D eigenvalue weighted by Gasteiger charge is 2.53. The first-order valence-corrected chi connectivity index (χ1v) is 14.8. The summed E-state index contributed by atoms with van der Waals surface area (Å²) in [7, 11) is -4.70. The Labute approximate surface area is 236 Å². The van der Waals surface area contributed by atoms with Crippen molar-refractivity contribution >= 4 is 44.9 Å². The summed E-state index contributed by atoms with van der Waals surface area (Å²) >= 11 is 12.4. The van der Waals surface area contributed by atoms with Crippen molar-refractivity contribution < 1.29 is 36.3 Å². The summed E-state index contributed by atoms with van der Waals surface area (Å²) in [5.74, 6) is -5.97. The van der Waals surface area contributed by atoms with Crippen LogP contribution in [0.25, 0.3) is 0 Å². The summed E-state index contributed by atoms with van der Waals surface area (Å²) < 4.78 is 64.9. The molecule has 2 aromatic carbocycles. The number of carboxylic acid groups (broad SMARTS) is 1. The Morgan fingerprint density at radius 1 is 1.10 bits per heavy atom. The highest BCUT2D eigenvalue weighted by molar-refractivity contribution is 7.91. The standard InChI is InChI=1S/C27H30Cl2F3NO5S/c1-16(2)22(14-39(37,38)15-27(30,31)32)33-24(17-7-9-19(28)10-8-17)21(18-5-4-6-20(29)11-18)12-26(3,25(33)36)13-23(34)35/h4-11,16,21-22,24H,12-15H2,1-3H3,(H,34,35)/t21-,22-,24-,26+/m1/s1. The minimum Gasteiger partial charge on any atom is -0.481 e. The van der Waals surface area contributed by atoms with Gasteiger partial charge in [-0.2, -0.15) is 13.2 Å². The van der Waals surface area contributed by atoms with Gasteiger partial charge in [0.1, 0.15) is 5.75 Å². The number of benzene rings is 2. The molecule has 0 aromatic heterocycles. The van der Waals surface area contributed by atoms with Crippen LogP contribution in [0.2, 0.25) is 10.0 Å². The monoisotopic (exact) mass is 607 g/mol. The molecule has 0 unspecified atom stereocenters. The van der Waals surface area contributed by atoms with Gasteiger partial charge < -0.3 is 10.0 Å². The molecule has 2 aromatic rings. The minimum atomic E-state index is -4.96. The van der Waals surface area contributed by atoms with Crippen molar-refractivity contribution in [2.24, 2.45) is 11.3 Å². The molecule has 1 aliphatic heterocycles. The molecule has 1 heterocycles. The van der Waals surface area contributed by atoms with Crippen molar-refractivity contribution in [1.29, 1.82) is 0 Å². The second-order valence-electron chi connectivity index (χ2n) is 10.7. The Balaban J connectivity index is 2.28. The van der Waals surface area contributed by atoms with Gasteiger partial charge in [0.05, 0.1) is 23.6 Å². The maximum absolute atomic E-state index is 14.2. The van der Waals surface area contributed by atoms with E-state index in [1.165, 1.54) is 11.8 Å². The van der Waals surface area contributed by atoms with Gasteiger partial charge >= 0.3 is 12.1 Å². The van der Waals surface area contributed by atoms with E-state index in [0.717, 1.165) is 0 Å². The number of nitrogens with zero attached hydrogens (tertiary/aromatic N) is 1. The Morgan fingerprint density at radius 2 is 1.72 bits per heavy atom. The quantitative estimate of drug-likeness (QED) is 0.350. The molecular formula is C27H30Cl2F3NO5S. The molecule has 12 heteroatoms. The highest BCUT2D eigenvalue weighted by atomic mass is 35.5. The zero-order chi connectivity index (χ0) is 29.3. The molecule has 1 N–H and O–H groups in total. The van der Waals surface area contributed by atoms with Crippen molar-refractivity contribution in [3.63, 3.8) is 0 Å². The lowest BCUT2D eigenvalue weighted by Gasteiger charge is -2.52. The van der Waals surface area contributed by atoms with E-state index in [9.17, 15) is 36.3 Å². The fraction of sp³-hybridized carbons (Fsp3) is 0.481. The molecule has 1 fully saturated rings. The summed E-state index contributed by atoms with van der Waals surface area (Å²) in [5, 5.41) is 10.5. The third-order valence-electron chi connectivity index (χ3n) is 7.07. The predicted octanol–water partition coefficient (Wildman–Crippen LogP) is 6.53. The van der Waals surface area contributed by atoms with Gasteiger partial charge in [-0.25, -0.2) is 8.42 Å². The number of amides is 1. The number of piperidine rings is 1. The molecule has 39 heavy (non-hydrogen) atoms. The molecule has 4 atom stereocenters. The van der Waals surface area contributed by atoms with E-state index in [1.54, 1.807) is 62.4 Å². The van der Waals surface area contributed by atoms with Crippen LogP contribution in [0.3, 0.4) is 0 Å². The fourth-order valence-electron chi connectivity index (χ4n) is 5.41. The third kappa shape index (κ3) is 7.67. The molecular weight excluding hydrogens is 578 g/mol. The van der Waals surface area contributed by atoms with E-state index in [1.807, 2.05) is 0 Å². The molecule has 0 saturated carbocycles. The Bertz CT molecular complexity index is 1320. The number of alkyl halides is 3. The first kappa shape index (κ1) is 31.2. The SMILES string of the molecule is CC(C)[C@@H](CS(=O)(=O)CC(F)(F)F)N1C(=O)[C@](C)(CC(=O)O)C[C@H](c2cccc(Cl)c2)[C@H]1c1ccc(Cl)cc1. The van der Waals surface area contributed by atoms with Crippen molar-refractivity contribution in [3.05, 3.63) is 69.7 Å². The summed E-state index contributed by atoms with van der Waals surface area (Å²) in [6, 6.07) is 11.4. The van der Waals surface area contributed by atoms with Crippen molar-refractivity contribution in [2.45, 2.75) is 57.8 Å². The topological polar surface area (TPSA) is 91.8 Å². The number of carboxylic acids is 1. The Hall–Kier alpha value is -2.30. The van der Waals surface area contributed by atoms with Crippen molar-refractivity contribution in [3.8, 4) is 0 Å². The zero-order valence-electron chi connectivity index (χ0n) is 21.6. The number of likely N-dealkylation sites (tertiary alicyclic amines) is 1. The van der Waals surface area contributed by atoms with E-state index in [0.29, 0.717) is 21.2 Å². The average molecular weight is 609 g/mol. The molecule has 0 radical (unpaired) electrons. The predicted molar refractivity (Wildman–Crippen MR) is 144 cm³/mol. The first-order valence-electron chi connectivity index (χ1n) is 12.2. The number of rotatable bonds is 9. The number of aliphatic carboxylic acids is 1. The largest absolute Gasteiger partial charge is 0.481 e. The van der Waals surface area contributed by atoms with Crippen LogP contribution in [0.1, 0.15) is 56.7 Å². The molecule has 1 aliphatic rings. The van der Waals surface area contributed by atoms with E-state index in [2.05, 4.69) is 0 Å². The van der Waals surface area contributed by atoms with Gasteiger partial charge in [-0.05, 0) is 47.7 Å². The Kier molecular flexibility index (Phi) is 9.34. The summed E-state index contributed by atoms with van der Waals surface area (Å²) in [5.41, 5.74) is -0.214. The van der Waals surface area contributed by atoms with Crippen LogP contribution in [-0.2, 0) is 19.4 Å². The van der Waals surface area contributed by atoms with Crippen LogP contribution in [-0.4, -0.2) is 54.0 Å². The summed E-state index contributed by atoms with van der Waals surface area (Å²) in [6.45, 7) is 4.74. The molecule has 0 spiro atoms. The second kappa shape index (κ2) is 11.7. The van der Waals surface area contributed by atoms with E-state index < -0.39 is 75.2 Å². The van der Waals surface area contributed by atoms with Gasteiger partial charge in [-0.3, -0.25) is 9.59 Å².